The molecule has 0 aliphatic rings. The lowest BCUT2D eigenvalue weighted by atomic mass is 9.94. The van der Waals surface area contributed by atoms with E-state index in [1.54, 1.807) is 39.2 Å². The standard InChI is InChI=1S/C21H22F3NO3S2/c1-20(2,3)30(27)18(25)15-11-12(21(22,23)24)9-10-13(15)17-14(19(26)28-4)7-6-8-16(17)29-5/h6-11,25H,1-5H3. The molecule has 0 saturated carbocycles. The predicted molar refractivity (Wildman–Crippen MR) is 115 cm³/mol. The first-order valence-corrected chi connectivity index (χ1v) is 11.2. The molecule has 0 bridgehead atoms. The third-order valence-electron chi connectivity index (χ3n) is 4.25. The Morgan fingerprint density at radius 1 is 1.10 bits per heavy atom. The van der Waals surface area contributed by atoms with Crippen molar-refractivity contribution in [3.63, 3.8) is 0 Å². The molecular formula is C21H22F3NO3S2. The highest BCUT2D eigenvalue weighted by Gasteiger charge is 2.34. The average molecular weight is 458 g/mol. The van der Waals surface area contributed by atoms with Crippen molar-refractivity contribution >= 4 is 33.6 Å². The highest BCUT2D eigenvalue weighted by molar-refractivity contribution is 8.02. The Morgan fingerprint density at radius 2 is 1.73 bits per heavy atom. The van der Waals surface area contributed by atoms with Crippen molar-refractivity contribution in [2.75, 3.05) is 13.4 Å². The maximum absolute atomic E-state index is 13.4. The van der Waals surface area contributed by atoms with Gasteiger partial charge in [-0.2, -0.15) is 13.2 Å². The minimum atomic E-state index is -4.64. The summed E-state index contributed by atoms with van der Waals surface area (Å²) in [6.45, 7) is 4.92. The Hall–Kier alpha value is -2.13. The van der Waals surface area contributed by atoms with Crippen LogP contribution in [0.3, 0.4) is 0 Å². The molecule has 1 unspecified atom stereocenters. The molecule has 9 heteroatoms. The van der Waals surface area contributed by atoms with Crippen LogP contribution in [0.2, 0.25) is 0 Å². The van der Waals surface area contributed by atoms with Crippen LogP contribution in [0.5, 0.6) is 0 Å². The number of carbonyl (C=O) groups is 1. The van der Waals surface area contributed by atoms with Crippen LogP contribution in [0.25, 0.3) is 11.1 Å². The Balaban J connectivity index is 2.90. The van der Waals surface area contributed by atoms with Crippen LogP contribution in [0.1, 0.15) is 42.3 Å². The van der Waals surface area contributed by atoms with Gasteiger partial charge in [0, 0.05) is 20.8 Å². The number of rotatable bonds is 4. The van der Waals surface area contributed by atoms with E-state index in [-0.39, 0.29) is 16.7 Å². The molecule has 0 spiro atoms. The van der Waals surface area contributed by atoms with E-state index in [9.17, 15) is 22.2 Å². The van der Waals surface area contributed by atoms with Gasteiger partial charge in [-0.15, -0.1) is 11.8 Å². The molecule has 1 N–H and O–H groups in total. The molecule has 2 aromatic rings. The number of thioether (sulfide) groups is 1. The molecule has 2 rings (SSSR count). The predicted octanol–water partition coefficient (Wildman–Crippen LogP) is 5.75. The summed E-state index contributed by atoms with van der Waals surface area (Å²) in [4.78, 5) is 13.0. The number of hydrogen-bond donors (Lipinski definition) is 1. The van der Waals surface area contributed by atoms with Crippen molar-refractivity contribution in [1.82, 2.24) is 0 Å². The van der Waals surface area contributed by atoms with Crippen LogP contribution in [0, 0.1) is 5.41 Å². The number of methoxy groups -OCH3 is 1. The third-order valence-corrected chi connectivity index (χ3v) is 6.74. The Morgan fingerprint density at radius 3 is 2.23 bits per heavy atom. The lowest BCUT2D eigenvalue weighted by molar-refractivity contribution is -0.137. The zero-order valence-electron chi connectivity index (χ0n) is 17.1. The Labute approximate surface area is 180 Å². The monoisotopic (exact) mass is 457 g/mol. The topological polar surface area (TPSA) is 67.2 Å². The zero-order chi connectivity index (χ0) is 22.9. The maximum Gasteiger partial charge on any atom is 0.416 e. The molecule has 0 aliphatic heterocycles. The van der Waals surface area contributed by atoms with Gasteiger partial charge in [-0.3, -0.25) is 9.62 Å². The molecule has 162 valence electrons. The molecular weight excluding hydrogens is 435 g/mol. The average Bonchev–Trinajstić information content (AvgIpc) is 2.69. The van der Waals surface area contributed by atoms with Gasteiger partial charge in [0.15, 0.2) is 0 Å². The van der Waals surface area contributed by atoms with Crippen LogP contribution < -0.4 is 0 Å². The van der Waals surface area contributed by atoms with Crippen LogP contribution in [-0.2, 0) is 21.7 Å². The first-order chi connectivity index (χ1) is 13.8. The van der Waals surface area contributed by atoms with Gasteiger partial charge in [-0.1, -0.05) is 12.1 Å². The zero-order valence-corrected chi connectivity index (χ0v) is 18.8. The van der Waals surface area contributed by atoms with Gasteiger partial charge in [0.2, 0.25) is 0 Å². The molecule has 0 heterocycles. The minimum absolute atomic E-state index is 0.135. The summed E-state index contributed by atoms with van der Waals surface area (Å²) in [5, 5.41) is 8.01. The quantitative estimate of drug-likeness (QED) is 0.275. The molecule has 0 fully saturated rings. The SMILES string of the molecule is COC(=O)c1cccc(SC)c1-c1ccc(C(F)(F)F)cc1C(=N)S(=O)C(C)(C)C. The van der Waals surface area contributed by atoms with Gasteiger partial charge in [0.05, 0.1) is 29.0 Å². The van der Waals surface area contributed by atoms with Crippen LogP contribution in [-0.4, -0.2) is 33.3 Å². The van der Waals surface area contributed by atoms with E-state index in [1.807, 2.05) is 0 Å². The van der Waals surface area contributed by atoms with Gasteiger partial charge in [-0.25, -0.2) is 4.79 Å². The van der Waals surface area contributed by atoms with Gasteiger partial charge >= 0.3 is 12.1 Å². The summed E-state index contributed by atoms with van der Waals surface area (Å²) in [6.07, 6.45) is -2.87. The van der Waals surface area contributed by atoms with Crippen molar-refractivity contribution < 1.29 is 26.9 Å². The third kappa shape index (κ3) is 4.95. The summed E-state index contributed by atoms with van der Waals surface area (Å²) < 4.78 is 57.0. The van der Waals surface area contributed by atoms with Gasteiger partial charge in [0.1, 0.15) is 5.04 Å². The molecule has 0 radical (unpaired) electrons. The summed E-state index contributed by atoms with van der Waals surface area (Å²) >= 11 is 1.30. The lowest BCUT2D eigenvalue weighted by Gasteiger charge is -2.22. The number of ether oxygens (including phenoxy) is 1. The van der Waals surface area contributed by atoms with Crippen LogP contribution in [0.15, 0.2) is 41.3 Å². The fraction of sp³-hybridized carbons (Fsp3) is 0.333. The van der Waals surface area contributed by atoms with E-state index in [4.69, 9.17) is 10.1 Å². The first-order valence-electron chi connectivity index (χ1n) is 8.80. The van der Waals surface area contributed by atoms with Crippen LogP contribution >= 0.6 is 11.8 Å². The lowest BCUT2D eigenvalue weighted by Crippen LogP contribution is -2.28. The number of nitrogens with one attached hydrogen (secondary N) is 1. The van der Waals surface area contributed by atoms with Crippen molar-refractivity contribution in [2.24, 2.45) is 0 Å². The van der Waals surface area contributed by atoms with Crippen molar-refractivity contribution in [3.05, 3.63) is 53.1 Å². The number of halogens is 3. The first kappa shape index (κ1) is 24.1. The molecule has 2 aromatic carbocycles. The van der Waals surface area contributed by atoms with E-state index in [0.29, 0.717) is 10.5 Å². The summed E-state index contributed by atoms with van der Waals surface area (Å²) in [7, 11) is -0.676. The second kappa shape index (κ2) is 8.93. The number of benzene rings is 2. The van der Waals surface area contributed by atoms with E-state index in [1.165, 1.54) is 31.0 Å². The summed E-state index contributed by atoms with van der Waals surface area (Å²) in [5.41, 5.74) is -0.380. The molecule has 4 nitrogen and oxygen atoms in total. The van der Waals surface area contributed by atoms with Crippen LogP contribution in [0.4, 0.5) is 13.2 Å². The second-order valence-electron chi connectivity index (χ2n) is 7.34. The summed E-state index contributed by atoms with van der Waals surface area (Å²) in [6, 6.07) is 7.80. The Kier molecular flexibility index (Phi) is 7.19. The molecule has 0 amide bonds. The molecule has 0 aliphatic carbocycles. The van der Waals surface area contributed by atoms with Crippen molar-refractivity contribution in [3.8, 4) is 11.1 Å². The van der Waals surface area contributed by atoms with Gasteiger partial charge in [-0.05, 0) is 56.9 Å². The number of carbonyl (C=O) groups excluding carboxylic acids is 1. The van der Waals surface area contributed by atoms with Gasteiger partial charge in [0.25, 0.3) is 0 Å². The normalized spacial score (nSPS) is 13.1. The van der Waals surface area contributed by atoms with Crippen molar-refractivity contribution in [2.45, 2.75) is 36.6 Å². The number of hydrogen-bond acceptors (Lipinski definition) is 5. The minimum Gasteiger partial charge on any atom is -0.465 e. The number of esters is 1. The smallest absolute Gasteiger partial charge is 0.416 e. The fourth-order valence-corrected chi connectivity index (χ4v) is 4.41. The second-order valence-corrected chi connectivity index (χ2v) is 10.4. The van der Waals surface area contributed by atoms with E-state index in [0.717, 1.165) is 12.1 Å². The molecule has 1 atom stereocenters. The fourth-order valence-electron chi connectivity index (χ4n) is 2.79. The summed E-state index contributed by atoms with van der Waals surface area (Å²) in [5.74, 6) is -0.657. The molecule has 0 saturated heterocycles. The van der Waals surface area contributed by atoms with Gasteiger partial charge < -0.3 is 4.74 Å². The van der Waals surface area contributed by atoms with E-state index in [2.05, 4.69) is 0 Å². The van der Waals surface area contributed by atoms with E-state index < -0.39 is 38.3 Å². The molecule has 30 heavy (non-hydrogen) atoms. The number of alkyl halides is 3. The molecule has 0 aromatic heterocycles. The highest BCUT2D eigenvalue weighted by Crippen LogP contribution is 2.39. The van der Waals surface area contributed by atoms with E-state index >= 15 is 0 Å². The highest BCUT2D eigenvalue weighted by atomic mass is 32.2. The Bertz CT molecular complexity index is 1010. The van der Waals surface area contributed by atoms with Crippen molar-refractivity contribution in [1.29, 1.82) is 5.41 Å². The largest absolute Gasteiger partial charge is 0.465 e. The maximum atomic E-state index is 13.4.